The van der Waals surface area contributed by atoms with Crippen LogP contribution in [0.3, 0.4) is 0 Å². The van der Waals surface area contributed by atoms with Gasteiger partial charge in [0.05, 0.1) is 4.75 Å². The van der Waals surface area contributed by atoms with Crippen LogP contribution in [-0.4, -0.2) is 11.4 Å². The van der Waals surface area contributed by atoms with Crippen LogP contribution >= 0.6 is 11.8 Å². The van der Waals surface area contributed by atoms with Gasteiger partial charge in [0.1, 0.15) is 11.5 Å². The molecule has 47 heavy (non-hydrogen) atoms. The van der Waals surface area contributed by atoms with E-state index in [0.29, 0.717) is 5.92 Å². The Morgan fingerprint density at radius 1 is 0.957 bits per heavy atom. The SMILES string of the molecule is C=C(SC1(C)C2=C(CC=C(N3CCC4C=C/C=C\C=C\3C4)C=C2)Oc2cc(C)ccc21)C1=CC=CCC=C1.c1ccc2c(c1)CCC2. The van der Waals surface area contributed by atoms with Gasteiger partial charge >= 0.3 is 0 Å². The van der Waals surface area contributed by atoms with Crippen molar-refractivity contribution in [3.05, 3.63) is 183 Å². The zero-order chi connectivity index (χ0) is 32.2. The van der Waals surface area contributed by atoms with Gasteiger partial charge in [0, 0.05) is 40.4 Å². The average Bonchev–Trinajstić information content (AvgIpc) is 3.23. The number of rotatable bonds is 4. The molecule has 2 aromatic carbocycles. The summed E-state index contributed by atoms with van der Waals surface area (Å²) in [6, 6.07) is 15.3. The zero-order valence-corrected chi connectivity index (χ0v) is 28.6. The van der Waals surface area contributed by atoms with Gasteiger partial charge in [0.15, 0.2) is 0 Å². The van der Waals surface area contributed by atoms with Gasteiger partial charge in [0.25, 0.3) is 0 Å². The highest BCUT2D eigenvalue weighted by Gasteiger charge is 2.41. The number of nitrogens with zero attached hydrogens (tertiary/aromatic N) is 1. The summed E-state index contributed by atoms with van der Waals surface area (Å²) in [5, 5.41) is 0. The lowest BCUT2D eigenvalue weighted by atomic mass is 9.87. The third-order valence-electron chi connectivity index (χ3n) is 10.0. The van der Waals surface area contributed by atoms with E-state index < -0.39 is 0 Å². The van der Waals surface area contributed by atoms with Gasteiger partial charge in [-0.05, 0) is 98.8 Å². The van der Waals surface area contributed by atoms with Crippen LogP contribution < -0.4 is 4.74 Å². The Morgan fingerprint density at radius 2 is 1.81 bits per heavy atom. The fraction of sp³-hybridized carbons (Fsp3) is 0.273. The molecule has 4 aliphatic carbocycles. The molecule has 2 nitrogen and oxygen atoms in total. The molecule has 1 fully saturated rings. The van der Waals surface area contributed by atoms with Gasteiger partial charge in [-0.25, -0.2) is 0 Å². The molecule has 6 aliphatic rings. The molecule has 0 spiro atoms. The molecular formula is C44H45NOS. The van der Waals surface area contributed by atoms with Crippen molar-refractivity contribution < 1.29 is 4.74 Å². The lowest BCUT2D eigenvalue weighted by Gasteiger charge is -2.38. The first kappa shape index (κ1) is 31.4. The molecule has 2 heterocycles. The molecule has 0 N–H and O–H groups in total. The topological polar surface area (TPSA) is 12.5 Å². The summed E-state index contributed by atoms with van der Waals surface area (Å²) in [5.41, 5.74) is 10.6. The van der Waals surface area contributed by atoms with Crippen molar-refractivity contribution in [3.63, 3.8) is 0 Å². The predicted molar refractivity (Wildman–Crippen MR) is 200 cm³/mol. The minimum absolute atomic E-state index is 0.321. The number of ether oxygens (including phenoxy) is 1. The number of thioether (sulfide) groups is 1. The molecule has 0 aromatic heterocycles. The van der Waals surface area contributed by atoms with Crippen LogP contribution in [0.5, 0.6) is 5.75 Å². The number of hydrogen-bond donors (Lipinski definition) is 0. The molecule has 238 valence electrons. The Labute approximate surface area is 285 Å². The number of piperidine rings is 1. The number of likely N-dealkylation sites (tertiary alicyclic amines) is 1. The van der Waals surface area contributed by atoms with Gasteiger partial charge in [-0.1, -0.05) is 110 Å². The molecule has 0 amide bonds. The number of allylic oxidation sites excluding steroid dienone is 15. The van der Waals surface area contributed by atoms with Crippen LogP contribution in [0.1, 0.15) is 61.3 Å². The van der Waals surface area contributed by atoms with E-state index in [1.54, 1.807) is 11.1 Å². The van der Waals surface area contributed by atoms with Crippen LogP contribution in [0, 0.1) is 12.8 Å². The van der Waals surface area contributed by atoms with Crippen LogP contribution in [0.2, 0.25) is 0 Å². The molecule has 0 radical (unpaired) electrons. The van der Waals surface area contributed by atoms with Crippen LogP contribution in [0.25, 0.3) is 0 Å². The Balaban J connectivity index is 0.000000334. The Hall–Kier alpha value is -4.21. The van der Waals surface area contributed by atoms with Crippen molar-refractivity contribution in [2.45, 2.75) is 63.5 Å². The smallest absolute Gasteiger partial charge is 0.132 e. The van der Waals surface area contributed by atoms with Crippen molar-refractivity contribution in [3.8, 4) is 5.75 Å². The van der Waals surface area contributed by atoms with E-state index in [0.717, 1.165) is 42.2 Å². The van der Waals surface area contributed by atoms with Gasteiger partial charge in [-0.3, -0.25) is 0 Å². The summed E-state index contributed by atoms with van der Waals surface area (Å²) < 4.78 is 6.32. The summed E-state index contributed by atoms with van der Waals surface area (Å²) in [6.07, 6.45) is 36.9. The maximum Gasteiger partial charge on any atom is 0.132 e. The molecule has 2 unspecified atom stereocenters. The normalized spacial score (nSPS) is 25.5. The first-order valence-electron chi connectivity index (χ1n) is 17.2. The summed E-state index contributed by atoms with van der Waals surface area (Å²) >= 11 is 1.84. The quantitative estimate of drug-likeness (QED) is 0.332. The summed E-state index contributed by atoms with van der Waals surface area (Å²) in [6.45, 7) is 10.0. The fourth-order valence-corrected chi connectivity index (χ4v) is 8.75. The number of aryl methyl sites for hydroxylation is 3. The highest BCUT2D eigenvalue weighted by molar-refractivity contribution is 8.04. The van der Waals surface area contributed by atoms with Crippen molar-refractivity contribution >= 4 is 11.8 Å². The molecule has 2 aliphatic heterocycles. The first-order chi connectivity index (χ1) is 23.0. The molecule has 2 atom stereocenters. The molecule has 0 saturated carbocycles. The van der Waals surface area contributed by atoms with E-state index in [9.17, 15) is 0 Å². The van der Waals surface area contributed by atoms with Crippen molar-refractivity contribution in [1.29, 1.82) is 0 Å². The number of benzene rings is 2. The second kappa shape index (κ2) is 13.9. The highest BCUT2D eigenvalue weighted by Crippen LogP contribution is 2.55. The van der Waals surface area contributed by atoms with Crippen molar-refractivity contribution in [1.82, 2.24) is 4.90 Å². The molecule has 3 heteroatoms. The summed E-state index contributed by atoms with van der Waals surface area (Å²) in [5.74, 6) is 2.62. The predicted octanol–water partition coefficient (Wildman–Crippen LogP) is 11.3. The molecular weight excluding hydrogens is 591 g/mol. The second-order valence-corrected chi connectivity index (χ2v) is 14.8. The fourth-order valence-electron chi connectivity index (χ4n) is 7.43. The largest absolute Gasteiger partial charge is 0.461 e. The van der Waals surface area contributed by atoms with E-state index in [2.05, 4.69) is 147 Å². The van der Waals surface area contributed by atoms with Gasteiger partial charge < -0.3 is 9.64 Å². The van der Waals surface area contributed by atoms with Crippen molar-refractivity contribution in [2.24, 2.45) is 5.92 Å². The highest BCUT2D eigenvalue weighted by atomic mass is 32.2. The van der Waals surface area contributed by atoms with E-state index >= 15 is 0 Å². The number of hydrogen-bond acceptors (Lipinski definition) is 3. The Morgan fingerprint density at radius 3 is 2.66 bits per heavy atom. The molecule has 1 saturated heterocycles. The van der Waals surface area contributed by atoms with Crippen molar-refractivity contribution in [2.75, 3.05) is 6.54 Å². The van der Waals surface area contributed by atoms with Gasteiger partial charge in [0.2, 0.25) is 0 Å². The second-order valence-electron chi connectivity index (χ2n) is 13.3. The Bertz CT molecular complexity index is 1820. The Kier molecular flexibility index (Phi) is 9.27. The summed E-state index contributed by atoms with van der Waals surface area (Å²) in [4.78, 5) is 3.58. The maximum atomic E-state index is 6.64. The summed E-state index contributed by atoms with van der Waals surface area (Å²) in [7, 11) is 0. The minimum Gasteiger partial charge on any atom is -0.461 e. The molecule has 2 bridgehead atoms. The zero-order valence-electron chi connectivity index (χ0n) is 27.8. The van der Waals surface area contributed by atoms with E-state index in [1.165, 1.54) is 59.4 Å². The molecule has 2 aromatic rings. The molecule has 8 rings (SSSR count). The lowest BCUT2D eigenvalue weighted by molar-refractivity contribution is 0.320. The monoisotopic (exact) mass is 635 g/mol. The average molecular weight is 636 g/mol. The standard InChI is InChI=1S/C35H35NOS.C9H10/c1-25-15-18-32-34(23-25)37-33-20-17-29(36-22-21-27-11-7-6-10-14-30(36)24-27)16-19-31(33)35(32,3)38-26(2)28-12-8-4-5-9-13-28;1-2-5-9-7-3-6-8(9)4-1/h4,6-19,23,27H,2,5,20-22,24H2,1,3H3;1-2,4-5H,3,6-7H2/b10-6-,11-7?,30-14+;. The lowest BCUT2D eigenvalue weighted by Crippen LogP contribution is -2.30. The third-order valence-corrected chi connectivity index (χ3v) is 11.3. The van der Waals surface area contributed by atoms with Crippen LogP contribution in [-0.2, 0) is 17.6 Å². The van der Waals surface area contributed by atoms with Gasteiger partial charge in [-0.2, -0.15) is 0 Å². The first-order valence-corrected chi connectivity index (χ1v) is 18.0. The number of fused-ring (bicyclic) bond motifs is 4. The van der Waals surface area contributed by atoms with Crippen LogP contribution in [0.15, 0.2) is 161 Å². The minimum atomic E-state index is -0.321. The van der Waals surface area contributed by atoms with E-state index in [1.807, 2.05) is 11.8 Å². The maximum absolute atomic E-state index is 6.64. The van der Waals surface area contributed by atoms with Crippen LogP contribution in [0.4, 0.5) is 0 Å². The van der Waals surface area contributed by atoms with E-state index in [4.69, 9.17) is 4.74 Å². The van der Waals surface area contributed by atoms with Gasteiger partial charge in [-0.15, -0.1) is 11.8 Å². The van der Waals surface area contributed by atoms with E-state index in [-0.39, 0.29) is 4.75 Å². The third kappa shape index (κ3) is 6.78.